The van der Waals surface area contributed by atoms with Crippen molar-refractivity contribution in [3.8, 4) is 0 Å². The van der Waals surface area contributed by atoms with Crippen LogP contribution in [0, 0.1) is 17.8 Å². The van der Waals surface area contributed by atoms with E-state index in [9.17, 15) is 14.4 Å². The van der Waals surface area contributed by atoms with Gasteiger partial charge in [-0.1, -0.05) is 67.1 Å². The van der Waals surface area contributed by atoms with E-state index in [-0.39, 0.29) is 29.8 Å². The molecule has 6 rings (SSSR count). The fraction of sp³-hybridized carbons (Fsp3) is 0.621. The molecule has 3 amide bonds. The van der Waals surface area contributed by atoms with Gasteiger partial charge in [-0.2, -0.15) is 0 Å². The molecule has 1 spiro atoms. The molecule has 4 fully saturated rings. The third-order valence-electron chi connectivity index (χ3n) is 9.35. The van der Waals surface area contributed by atoms with Crippen molar-refractivity contribution in [2.24, 2.45) is 17.8 Å². The summed E-state index contributed by atoms with van der Waals surface area (Å²) in [4.78, 5) is 43.8. The number of hydrogen-bond acceptors (Lipinski definition) is 4. The molecule has 0 aromatic heterocycles. The van der Waals surface area contributed by atoms with Gasteiger partial charge in [0.05, 0.1) is 17.9 Å². The number of nitrogens with zero attached hydrogens (tertiary/aromatic N) is 1. The highest BCUT2D eigenvalue weighted by atomic mass is 79.9. The van der Waals surface area contributed by atoms with E-state index in [2.05, 4.69) is 33.5 Å². The van der Waals surface area contributed by atoms with Crippen LogP contribution in [0.3, 0.4) is 0 Å². The number of halogens is 1. The number of hydrogen-bond donors (Lipinski definition) is 2. The van der Waals surface area contributed by atoms with Crippen LogP contribution in [0.15, 0.2) is 40.9 Å². The van der Waals surface area contributed by atoms with Gasteiger partial charge in [-0.3, -0.25) is 14.4 Å². The first-order valence-electron chi connectivity index (χ1n) is 14.0. The lowest BCUT2D eigenvalue weighted by atomic mass is 9.74. The third kappa shape index (κ3) is 4.24. The Kier molecular flexibility index (Phi) is 6.68. The van der Waals surface area contributed by atoms with Crippen molar-refractivity contribution in [3.05, 3.63) is 40.9 Å². The van der Waals surface area contributed by atoms with Gasteiger partial charge in [0.25, 0.3) is 0 Å². The van der Waals surface area contributed by atoms with Crippen molar-refractivity contribution in [2.75, 3.05) is 5.32 Å². The number of ether oxygens (including phenoxy) is 1. The van der Waals surface area contributed by atoms with Gasteiger partial charge in [-0.05, 0) is 55.9 Å². The summed E-state index contributed by atoms with van der Waals surface area (Å²) >= 11 is 3.42. The molecule has 2 saturated heterocycles. The minimum atomic E-state index is -1.10. The average molecular weight is 571 g/mol. The Morgan fingerprint density at radius 2 is 1.70 bits per heavy atom. The van der Waals surface area contributed by atoms with E-state index in [4.69, 9.17) is 4.74 Å². The number of nitrogens with one attached hydrogen (secondary N) is 2. The van der Waals surface area contributed by atoms with E-state index in [1.54, 1.807) is 0 Å². The van der Waals surface area contributed by atoms with Crippen LogP contribution in [-0.2, 0) is 19.1 Å². The van der Waals surface area contributed by atoms with Gasteiger partial charge in [0.2, 0.25) is 17.7 Å². The minimum Gasteiger partial charge on any atom is -0.359 e. The monoisotopic (exact) mass is 569 g/mol. The van der Waals surface area contributed by atoms with Gasteiger partial charge < -0.3 is 20.3 Å². The summed E-state index contributed by atoms with van der Waals surface area (Å²) in [7, 11) is 0. The molecule has 1 aromatic carbocycles. The molecule has 2 bridgehead atoms. The highest BCUT2D eigenvalue weighted by Gasteiger charge is 2.73. The van der Waals surface area contributed by atoms with E-state index < -0.39 is 29.6 Å². The van der Waals surface area contributed by atoms with E-state index >= 15 is 0 Å². The Morgan fingerprint density at radius 1 is 1.00 bits per heavy atom. The van der Waals surface area contributed by atoms with Crippen LogP contribution in [0.1, 0.15) is 64.7 Å². The zero-order chi connectivity index (χ0) is 25.7. The molecular weight excluding hydrogens is 534 g/mol. The molecule has 1 aromatic rings. The van der Waals surface area contributed by atoms with Crippen molar-refractivity contribution in [1.29, 1.82) is 0 Å². The first kappa shape index (κ1) is 25.1. The average Bonchev–Trinajstić information content (AvgIpc) is 3.54. The molecule has 37 heavy (non-hydrogen) atoms. The number of anilines is 1. The van der Waals surface area contributed by atoms with Gasteiger partial charge >= 0.3 is 0 Å². The summed E-state index contributed by atoms with van der Waals surface area (Å²) in [6.07, 6.45) is 12.8. The van der Waals surface area contributed by atoms with Gasteiger partial charge in [-0.25, -0.2) is 0 Å². The zero-order valence-corrected chi connectivity index (χ0v) is 22.9. The second-order valence-corrected chi connectivity index (χ2v) is 12.5. The predicted molar refractivity (Wildman–Crippen MR) is 144 cm³/mol. The predicted octanol–water partition coefficient (Wildman–Crippen LogP) is 4.57. The van der Waals surface area contributed by atoms with Crippen LogP contribution in [-0.4, -0.2) is 52.5 Å². The van der Waals surface area contributed by atoms with E-state index in [0.29, 0.717) is 11.6 Å². The maximum absolute atomic E-state index is 14.3. The topological polar surface area (TPSA) is 87.7 Å². The fourth-order valence-corrected chi connectivity index (χ4v) is 7.82. The second kappa shape index (κ2) is 9.84. The number of carbonyl (C=O) groups excluding carboxylic acids is 3. The lowest BCUT2D eigenvalue weighted by Crippen LogP contribution is -2.59. The van der Waals surface area contributed by atoms with Crippen LogP contribution in [0.2, 0.25) is 0 Å². The van der Waals surface area contributed by atoms with E-state index in [0.717, 1.165) is 55.8 Å². The van der Waals surface area contributed by atoms with Crippen molar-refractivity contribution >= 4 is 39.3 Å². The van der Waals surface area contributed by atoms with Gasteiger partial charge in [0, 0.05) is 22.2 Å². The summed E-state index contributed by atoms with van der Waals surface area (Å²) in [5, 5.41) is 6.29. The van der Waals surface area contributed by atoms with Gasteiger partial charge in [0.1, 0.15) is 11.6 Å². The highest BCUT2D eigenvalue weighted by molar-refractivity contribution is 9.10. The van der Waals surface area contributed by atoms with Crippen LogP contribution in [0.5, 0.6) is 0 Å². The largest absolute Gasteiger partial charge is 0.359 e. The maximum Gasteiger partial charge on any atom is 0.246 e. The molecule has 0 radical (unpaired) electrons. The molecule has 5 aliphatic rings. The molecule has 2 N–H and O–H groups in total. The van der Waals surface area contributed by atoms with Crippen LogP contribution < -0.4 is 10.6 Å². The molecule has 7 atom stereocenters. The summed E-state index contributed by atoms with van der Waals surface area (Å²) < 4.78 is 7.44. The van der Waals surface area contributed by atoms with Gasteiger partial charge in [0.15, 0.2) is 0 Å². The maximum atomic E-state index is 14.3. The molecule has 2 saturated carbocycles. The molecule has 3 heterocycles. The van der Waals surface area contributed by atoms with Crippen molar-refractivity contribution in [1.82, 2.24) is 10.2 Å². The normalized spacial score (nSPS) is 37.0. The number of rotatable bonds is 5. The summed E-state index contributed by atoms with van der Waals surface area (Å²) in [6.45, 7) is 2.19. The standard InChI is InChI=1S/C29H36BrN3O4/c1-17-7-5-6-10-21(17)33-25(27(35)32-19-8-3-2-4-9-19)29-16-15-22(37-29)23(24(29)28(33)36)26(34)31-20-13-11-18(30)12-14-20/h11-17,19,21-25H,2-10H2,1H3,(H,31,34)(H,32,35)/t17-,21+,22-,23-,24-,25+,29+/m1/s1. The Morgan fingerprint density at radius 3 is 2.43 bits per heavy atom. The fourth-order valence-electron chi connectivity index (χ4n) is 7.56. The summed E-state index contributed by atoms with van der Waals surface area (Å²) in [6, 6.07) is 6.76. The molecule has 3 aliphatic heterocycles. The zero-order valence-electron chi connectivity index (χ0n) is 21.3. The smallest absolute Gasteiger partial charge is 0.246 e. The number of fused-ring (bicyclic) bond motifs is 1. The summed E-state index contributed by atoms with van der Waals surface area (Å²) in [5.41, 5.74) is -0.428. The number of amides is 3. The first-order valence-corrected chi connectivity index (χ1v) is 14.7. The molecule has 0 unspecified atom stereocenters. The van der Waals surface area contributed by atoms with E-state index in [1.807, 2.05) is 41.3 Å². The third-order valence-corrected chi connectivity index (χ3v) is 9.88. The molecule has 2 aliphatic carbocycles. The number of benzene rings is 1. The first-order chi connectivity index (χ1) is 17.9. The Balaban J connectivity index is 1.33. The lowest BCUT2D eigenvalue weighted by molar-refractivity contribution is -0.146. The van der Waals surface area contributed by atoms with Crippen LogP contribution >= 0.6 is 15.9 Å². The molecular formula is C29H36BrN3O4. The van der Waals surface area contributed by atoms with Crippen LogP contribution in [0.25, 0.3) is 0 Å². The van der Waals surface area contributed by atoms with Gasteiger partial charge in [-0.15, -0.1) is 0 Å². The Hall–Kier alpha value is -2.19. The van der Waals surface area contributed by atoms with Crippen molar-refractivity contribution in [3.63, 3.8) is 0 Å². The Bertz CT molecular complexity index is 1100. The molecule has 7 nitrogen and oxygen atoms in total. The SMILES string of the molecule is C[C@@H]1CCCC[C@@H]1N1C(=O)[C@H]2[C@H](C(=O)Nc3ccc(Br)cc3)[C@H]3C=C[C@@]2(O3)[C@@H]1C(=O)NC1CCCCC1. The number of likely N-dealkylation sites (tertiary alicyclic amines) is 1. The highest BCUT2D eigenvalue weighted by Crippen LogP contribution is 2.56. The van der Waals surface area contributed by atoms with Crippen molar-refractivity contribution < 1.29 is 19.1 Å². The Labute approximate surface area is 226 Å². The number of carbonyl (C=O) groups is 3. The molecule has 8 heteroatoms. The lowest BCUT2D eigenvalue weighted by Gasteiger charge is -2.42. The quantitative estimate of drug-likeness (QED) is 0.508. The van der Waals surface area contributed by atoms with Crippen molar-refractivity contribution in [2.45, 2.75) is 94.5 Å². The molecule has 198 valence electrons. The minimum absolute atomic E-state index is 0.0189. The van der Waals surface area contributed by atoms with Crippen LogP contribution in [0.4, 0.5) is 5.69 Å². The summed E-state index contributed by atoms with van der Waals surface area (Å²) in [5.74, 6) is -1.54. The second-order valence-electron chi connectivity index (χ2n) is 11.6. The van der Waals surface area contributed by atoms with E-state index in [1.165, 1.54) is 6.42 Å².